The molecule has 0 aliphatic rings. The number of nitrogens with zero attached hydrogens (tertiary/aromatic N) is 2. The zero-order valence-electron chi connectivity index (χ0n) is 22.6. The molecule has 3 aromatic rings. The molecule has 190 valence electrons. The van der Waals surface area contributed by atoms with Gasteiger partial charge in [-0.25, -0.2) is 0 Å². The lowest BCUT2D eigenvalue weighted by atomic mass is 10.1. The van der Waals surface area contributed by atoms with Crippen molar-refractivity contribution in [3.63, 3.8) is 0 Å². The number of anilines is 2. The molecule has 0 atom stereocenters. The molecule has 0 spiro atoms. The maximum atomic E-state index is 5.66. The number of ether oxygens (including phenoxy) is 2. The molecule has 0 saturated heterocycles. The Kier molecular flexibility index (Phi) is 10.1. The van der Waals surface area contributed by atoms with Crippen LogP contribution in [0.3, 0.4) is 0 Å². The summed E-state index contributed by atoms with van der Waals surface area (Å²) < 4.78 is 11.3. The number of benzene rings is 3. The Bertz CT molecular complexity index is 1060. The third-order valence-corrected chi connectivity index (χ3v) is 6.54. The summed E-state index contributed by atoms with van der Waals surface area (Å²) in [6.45, 7) is 12.6. The van der Waals surface area contributed by atoms with Gasteiger partial charge in [0.15, 0.2) is 0 Å². The van der Waals surface area contributed by atoms with Gasteiger partial charge in [-0.3, -0.25) is 0 Å². The van der Waals surface area contributed by atoms with Crippen LogP contribution in [-0.2, 0) is 0 Å². The van der Waals surface area contributed by atoms with E-state index < -0.39 is 0 Å². The summed E-state index contributed by atoms with van der Waals surface area (Å²) >= 11 is 0. The first-order valence-electron chi connectivity index (χ1n) is 12.9. The third kappa shape index (κ3) is 6.72. The van der Waals surface area contributed by atoms with Gasteiger partial charge in [0.05, 0.1) is 14.2 Å². The van der Waals surface area contributed by atoms with Gasteiger partial charge in [-0.1, -0.05) is 48.6 Å². The highest BCUT2D eigenvalue weighted by Gasteiger charge is 2.08. The molecular formula is C32H40N2O2. The average molecular weight is 485 g/mol. The molecular weight excluding hydrogens is 444 g/mol. The Morgan fingerprint density at radius 2 is 0.889 bits per heavy atom. The Labute approximate surface area is 217 Å². The lowest BCUT2D eigenvalue weighted by Gasteiger charge is -2.22. The third-order valence-electron chi connectivity index (χ3n) is 6.54. The first kappa shape index (κ1) is 26.9. The zero-order chi connectivity index (χ0) is 25.9. The highest BCUT2D eigenvalue weighted by molar-refractivity contribution is 5.77. The SMILES string of the molecule is CCN(CC)c1ccc(/C=C/c2ccc(/C=C/c3ccc(N(CC)CC)cc3OC)cc2)c(OC)c1. The molecule has 36 heavy (non-hydrogen) atoms. The van der Waals surface area contributed by atoms with Crippen molar-refractivity contribution < 1.29 is 9.47 Å². The van der Waals surface area contributed by atoms with Gasteiger partial charge in [0.25, 0.3) is 0 Å². The molecule has 0 heterocycles. The summed E-state index contributed by atoms with van der Waals surface area (Å²) in [6.07, 6.45) is 8.46. The molecule has 4 heteroatoms. The predicted octanol–water partition coefficient (Wildman–Crippen LogP) is 7.74. The van der Waals surface area contributed by atoms with Crippen LogP contribution in [0, 0.1) is 0 Å². The highest BCUT2D eigenvalue weighted by Crippen LogP contribution is 2.29. The van der Waals surface area contributed by atoms with E-state index in [1.54, 1.807) is 14.2 Å². The number of rotatable bonds is 12. The number of methoxy groups -OCH3 is 2. The molecule has 0 fully saturated rings. The minimum Gasteiger partial charge on any atom is -0.496 e. The molecule has 0 radical (unpaired) electrons. The van der Waals surface area contributed by atoms with E-state index in [4.69, 9.17) is 9.47 Å². The molecule has 0 aliphatic carbocycles. The average Bonchev–Trinajstić information content (AvgIpc) is 2.93. The van der Waals surface area contributed by atoms with Crippen molar-refractivity contribution in [3.05, 3.63) is 82.9 Å². The van der Waals surface area contributed by atoms with Gasteiger partial charge in [-0.2, -0.15) is 0 Å². The lowest BCUT2D eigenvalue weighted by Crippen LogP contribution is -2.21. The predicted molar refractivity (Wildman–Crippen MR) is 157 cm³/mol. The minimum absolute atomic E-state index is 0.885. The van der Waals surface area contributed by atoms with Gasteiger partial charge in [-0.15, -0.1) is 0 Å². The van der Waals surface area contributed by atoms with E-state index in [9.17, 15) is 0 Å². The second kappa shape index (κ2) is 13.4. The zero-order valence-corrected chi connectivity index (χ0v) is 22.6. The van der Waals surface area contributed by atoms with E-state index in [0.29, 0.717) is 0 Å². The Hall–Kier alpha value is -3.66. The topological polar surface area (TPSA) is 24.9 Å². The van der Waals surface area contributed by atoms with Crippen LogP contribution in [0.25, 0.3) is 24.3 Å². The van der Waals surface area contributed by atoms with Crippen LogP contribution in [0.5, 0.6) is 11.5 Å². The van der Waals surface area contributed by atoms with Crippen molar-refractivity contribution in [1.82, 2.24) is 0 Å². The summed E-state index contributed by atoms with van der Waals surface area (Å²) in [7, 11) is 3.46. The lowest BCUT2D eigenvalue weighted by molar-refractivity contribution is 0.414. The van der Waals surface area contributed by atoms with E-state index in [0.717, 1.165) is 59.9 Å². The summed E-state index contributed by atoms with van der Waals surface area (Å²) in [5.41, 5.74) is 6.79. The molecule has 3 aromatic carbocycles. The Morgan fingerprint density at radius 1 is 0.528 bits per heavy atom. The largest absolute Gasteiger partial charge is 0.496 e. The maximum absolute atomic E-state index is 5.66. The highest BCUT2D eigenvalue weighted by atomic mass is 16.5. The van der Waals surface area contributed by atoms with E-state index >= 15 is 0 Å². The Morgan fingerprint density at radius 3 is 1.19 bits per heavy atom. The standard InChI is InChI=1S/C32H40N2O2/c1-7-33(8-2)29-21-19-27(31(23-29)35-5)17-15-25-11-13-26(14-12-25)16-18-28-20-22-30(24-32(28)36-6)34(9-3)10-4/h11-24H,7-10H2,1-6H3/b17-15+,18-16+. The van der Waals surface area contributed by atoms with Crippen molar-refractivity contribution in [2.45, 2.75) is 27.7 Å². The second-order valence-corrected chi connectivity index (χ2v) is 8.53. The molecule has 0 aromatic heterocycles. The van der Waals surface area contributed by atoms with Crippen molar-refractivity contribution in [3.8, 4) is 11.5 Å². The van der Waals surface area contributed by atoms with Crippen LogP contribution >= 0.6 is 0 Å². The van der Waals surface area contributed by atoms with Gasteiger partial charge in [-0.05, 0) is 63.1 Å². The summed E-state index contributed by atoms with van der Waals surface area (Å²) in [5.74, 6) is 1.77. The first-order chi connectivity index (χ1) is 17.6. The van der Waals surface area contributed by atoms with Gasteiger partial charge in [0.2, 0.25) is 0 Å². The van der Waals surface area contributed by atoms with Gasteiger partial charge >= 0.3 is 0 Å². The number of hydrogen-bond donors (Lipinski definition) is 0. The van der Waals surface area contributed by atoms with Crippen LogP contribution in [0.15, 0.2) is 60.7 Å². The fourth-order valence-electron chi connectivity index (χ4n) is 4.34. The molecule has 3 rings (SSSR count). The van der Waals surface area contributed by atoms with E-state index in [-0.39, 0.29) is 0 Å². The monoisotopic (exact) mass is 484 g/mol. The Balaban J connectivity index is 1.72. The second-order valence-electron chi connectivity index (χ2n) is 8.53. The van der Waals surface area contributed by atoms with Gasteiger partial charge in [0.1, 0.15) is 11.5 Å². The van der Waals surface area contributed by atoms with Crippen LogP contribution in [0.2, 0.25) is 0 Å². The van der Waals surface area contributed by atoms with Crippen LogP contribution in [0.4, 0.5) is 11.4 Å². The molecule has 0 amide bonds. The van der Waals surface area contributed by atoms with Crippen LogP contribution in [0.1, 0.15) is 49.9 Å². The molecule has 0 bridgehead atoms. The molecule has 4 nitrogen and oxygen atoms in total. The molecule has 0 aliphatic heterocycles. The quantitative estimate of drug-likeness (QED) is 0.246. The molecule has 0 saturated carbocycles. The van der Waals surface area contributed by atoms with Crippen LogP contribution < -0.4 is 19.3 Å². The van der Waals surface area contributed by atoms with E-state index in [1.165, 1.54) is 11.4 Å². The van der Waals surface area contributed by atoms with Crippen molar-refractivity contribution in [1.29, 1.82) is 0 Å². The first-order valence-corrected chi connectivity index (χ1v) is 12.9. The van der Waals surface area contributed by atoms with E-state index in [2.05, 4.69) is 122 Å². The van der Waals surface area contributed by atoms with Crippen molar-refractivity contribution >= 4 is 35.7 Å². The summed E-state index contributed by atoms with van der Waals surface area (Å²) in [4.78, 5) is 4.63. The fraction of sp³-hybridized carbons (Fsp3) is 0.312. The maximum Gasteiger partial charge on any atom is 0.128 e. The smallest absolute Gasteiger partial charge is 0.128 e. The van der Waals surface area contributed by atoms with Gasteiger partial charge < -0.3 is 19.3 Å². The normalized spacial score (nSPS) is 11.3. The van der Waals surface area contributed by atoms with Gasteiger partial charge in [0, 0.05) is 60.8 Å². The number of hydrogen-bond acceptors (Lipinski definition) is 4. The van der Waals surface area contributed by atoms with Crippen molar-refractivity contribution in [2.24, 2.45) is 0 Å². The van der Waals surface area contributed by atoms with Crippen molar-refractivity contribution in [2.75, 3.05) is 50.2 Å². The minimum atomic E-state index is 0.885. The summed E-state index contributed by atoms with van der Waals surface area (Å²) in [6, 6.07) is 21.3. The summed E-state index contributed by atoms with van der Waals surface area (Å²) in [5, 5.41) is 0. The van der Waals surface area contributed by atoms with E-state index in [1.807, 2.05) is 0 Å². The molecule has 0 unspecified atom stereocenters. The van der Waals surface area contributed by atoms with Crippen LogP contribution in [-0.4, -0.2) is 40.4 Å². The fourth-order valence-corrected chi connectivity index (χ4v) is 4.34. The molecule has 0 N–H and O–H groups in total.